The number of aromatic amines is 4. The first-order valence-corrected chi connectivity index (χ1v) is 31.5. The second-order valence-electron chi connectivity index (χ2n) is 22.7. The monoisotopic (exact) mass is 1600 g/mol. The summed E-state index contributed by atoms with van der Waals surface area (Å²) >= 11 is 0. The van der Waals surface area contributed by atoms with Crippen LogP contribution >= 0.6 is 0 Å². The van der Waals surface area contributed by atoms with Crippen LogP contribution in [-0.2, 0) is 66.9 Å². The summed E-state index contributed by atoms with van der Waals surface area (Å²) in [7, 11) is 0. The molecule has 6 unspecified atom stereocenters. The molecule has 0 radical (unpaired) electrons. The van der Waals surface area contributed by atoms with Crippen LogP contribution in [-0.4, -0.2) is 307 Å². The van der Waals surface area contributed by atoms with Gasteiger partial charge in [-0.1, -0.05) is 19.9 Å². The van der Waals surface area contributed by atoms with Crippen molar-refractivity contribution in [1.29, 1.82) is 0 Å². The number of carboxylic acids is 10. The number of nitrogens with one attached hydrogen (secondary N) is 4. The molecule has 30 N–H and O–H groups in total. The zero-order chi connectivity index (χ0) is 84.7. The van der Waals surface area contributed by atoms with Crippen LogP contribution in [0.15, 0.2) is 56.6 Å². The summed E-state index contributed by atoms with van der Waals surface area (Å²) in [4.78, 5) is 172. The van der Waals surface area contributed by atoms with E-state index in [9.17, 15) is 108 Å². The lowest BCUT2D eigenvalue weighted by atomic mass is 10.2. The van der Waals surface area contributed by atoms with E-state index in [1.807, 2.05) is 0 Å². The van der Waals surface area contributed by atoms with Gasteiger partial charge in [-0.3, -0.25) is 33.8 Å². The first-order chi connectivity index (χ1) is 51.9. The Kier molecular flexibility index (Phi) is 43.2. The predicted octanol–water partition coefficient (Wildman–Crippen LogP) is -20.4. The van der Waals surface area contributed by atoms with Crippen molar-refractivity contribution in [2.45, 2.75) is 131 Å². The van der Waals surface area contributed by atoms with Gasteiger partial charge in [0.25, 0.3) is 0 Å². The van der Waals surface area contributed by atoms with Crippen molar-refractivity contribution in [1.82, 2.24) is 49.7 Å². The Morgan fingerprint density at radius 3 is 0.910 bits per heavy atom. The minimum Gasteiger partial charge on any atom is -0.550 e. The fraction of sp³-hybridized carbons (Fsp3) is 0.564. The molecule has 0 aliphatic carbocycles. The Hall–Kier alpha value is -11.8. The number of H-pyrrole nitrogens is 4. The molecule has 4 aromatic heterocycles. The number of carbonyl (C=O) groups is 10. The molecular formula is C55H84N20O36. The Balaban J connectivity index is 0.000000644. The SMILES string of the molecule is NC(CC(=O)[O-])C(=O)O.NC(CCC(=O)O)C(=O)[O-].Nc1nc[n+]([C@H]2CC(O)[C@@H](CO)O2)c(=O)[nH]1.Nc1nc[n+]([C@H]2CC(O)[C@@H](CO)O2)c(=O)[nH]1.Nc1nc[n+]([C@H]2CC(O)[C@@H](CO)O2)c(=O)[nH]1.Nc1nc[n+]([C@H]2CC(O)[C@@H](CO)O2)c(=O)[nH]1.O=C([O-])/C=C/C(=O)O.O=C([O-])CN(CCN(CC(=O)O)CC(=O)O)CC(=O)O. The lowest BCUT2D eigenvalue weighted by Gasteiger charge is -2.24. The molecule has 0 saturated carbocycles. The Labute approximate surface area is 619 Å². The summed E-state index contributed by atoms with van der Waals surface area (Å²) in [5.74, 6) is -13.2. The van der Waals surface area contributed by atoms with Gasteiger partial charge in [0.15, 0.2) is 24.9 Å². The van der Waals surface area contributed by atoms with E-state index in [1.54, 1.807) is 0 Å². The molecule has 4 aromatic rings. The third-order valence-corrected chi connectivity index (χ3v) is 14.1. The van der Waals surface area contributed by atoms with Crippen molar-refractivity contribution >= 4 is 83.5 Å². The second-order valence-corrected chi connectivity index (χ2v) is 22.7. The number of ether oxygens (including phenoxy) is 4. The normalized spacial score (nSPS) is 21.8. The Bertz CT molecular complexity index is 3570. The van der Waals surface area contributed by atoms with Gasteiger partial charge < -0.3 is 164 Å². The number of carboxylic acid groups (broad SMARTS) is 10. The highest BCUT2D eigenvalue weighted by atomic mass is 16.6. The summed E-state index contributed by atoms with van der Waals surface area (Å²) < 4.78 is 25.9. The molecule has 8 heterocycles. The Morgan fingerprint density at radius 2 is 0.739 bits per heavy atom. The van der Waals surface area contributed by atoms with Gasteiger partial charge in [-0.2, -0.15) is 38.2 Å². The summed E-state index contributed by atoms with van der Waals surface area (Å²) in [6.45, 7) is -3.67. The molecule has 4 fully saturated rings. The molecular weight excluding hydrogens is 1520 g/mol. The van der Waals surface area contributed by atoms with Crippen molar-refractivity contribution in [2.75, 3.05) is 88.6 Å². The van der Waals surface area contributed by atoms with Crippen molar-refractivity contribution in [3.63, 3.8) is 0 Å². The quantitative estimate of drug-likeness (QED) is 0.0185. The maximum atomic E-state index is 11.5. The minimum atomic E-state index is -1.51. The highest BCUT2D eigenvalue weighted by Crippen LogP contribution is 2.26. The van der Waals surface area contributed by atoms with E-state index in [1.165, 1.54) is 43.6 Å². The lowest BCUT2D eigenvalue weighted by Crippen LogP contribution is -2.55. The van der Waals surface area contributed by atoms with Crippen molar-refractivity contribution in [2.24, 2.45) is 11.5 Å². The Morgan fingerprint density at radius 1 is 0.459 bits per heavy atom. The van der Waals surface area contributed by atoms with Crippen molar-refractivity contribution < 1.29 is 177 Å². The molecule has 4 aliphatic rings. The molecule has 8 rings (SSSR count). The van der Waals surface area contributed by atoms with Gasteiger partial charge in [0.05, 0.1) is 88.4 Å². The molecule has 0 aromatic carbocycles. The molecule has 14 atom stereocenters. The van der Waals surface area contributed by atoms with Crippen molar-refractivity contribution in [3.05, 3.63) is 79.4 Å². The number of nitrogen functional groups attached to an aromatic ring is 4. The molecule has 4 saturated heterocycles. The van der Waals surface area contributed by atoms with Gasteiger partial charge >= 0.3 is 82.4 Å². The molecule has 620 valence electrons. The largest absolute Gasteiger partial charge is 0.550 e. The number of aliphatic carboxylic acids is 10. The number of hydrogen-bond donors (Lipinski definition) is 24. The predicted molar refractivity (Wildman–Crippen MR) is 342 cm³/mol. The van der Waals surface area contributed by atoms with Crippen LogP contribution < -0.4 is 95.9 Å². The number of hydrogen-bond acceptors (Lipinski definition) is 42. The van der Waals surface area contributed by atoms with Gasteiger partial charge in [0, 0.05) is 76.2 Å². The summed E-state index contributed by atoms with van der Waals surface area (Å²) in [5, 5.41) is 163. The topological polar surface area (TPSA) is 944 Å². The maximum Gasteiger partial charge on any atom is 0.446 e. The highest BCUT2D eigenvalue weighted by Gasteiger charge is 2.41. The van der Waals surface area contributed by atoms with Crippen LogP contribution in [0.1, 0.15) is 69.9 Å². The summed E-state index contributed by atoms with van der Waals surface area (Å²) in [6, 6.07) is -2.52. The number of aliphatic hydroxyl groups excluding tert-OH is 8. The molecule has 0 spiro atoms. The number of aromatic nitrogens is 12. The van der Waals surface area contributed by atoms with Gasteiger partial charge in [-0.15, -0.1) is 0 Å². The van der Waals surface area contributed by atoms with E-state index < -0.39 is 201 Å². The molecule has 0 amide bonds. The fourth-order valence-corrected chi connectivity index (χ4v) is 8.82. The molecule has 111 heavy (non-hydrogen) atoms. The van der Waals surface area contributed by atoms with Gasteiger partial charge in [-0.25, -0.2) is 24.0 Å². The minimum absolute atomic E-state index is 0.0125. The van der Waals surface area contributed by atoms with Crippen molar-refractivity contribution in [3.8, 4) is 0 Å². The molecule has 56 nitrogen and oxygen atoms in total. The van der Waals surface area contributed by atoms with Gasteiger partial charge in [0.1, 0.15) is 30.5 Å². The number of aliphatic hydroxyl groups is 8. The second kappa shape index (κ2) is 49.3. The zero-order valence-electron chi connectivity index (χ0n) is 57.7. The van der Waals surface area contributed by atoms with Crippen LogP contribution in [0.4, 0.5) is 23.8 Å². The number of anilines is 4. The number of nitrogens with two attached hydrogens (primary N) is 6. The number of rotatable bonds is 28. The van der Waals surface area contributed by atoms with E-state index >= 15 is 0 Å². The summed E-state index contributed by atoms with van der Waals surface area (Å²) in [5.41, 5.74) is 29.0. The fourth-order valence-electron chi connectivity index (χ4n) is 8.82. The standard InChI is InChI=1S/C10H16N2O8.4C8H12N4O4.C5H9NO4.C4H7NO4.C4H4O4/c13-7(14)3-11(4-8(15)16)1-2-12(5-9(17)18)6-10(19)20;4*9-7-10-3-12(8(15)11-7)6-1-4(14)5(2-13)16-6;6-3(5(9)10)1-2-4(7)8;5-2(4(8)9)1-3(6)7;5-3(6)1-2-4(7)8/h1-6H2,(H,13,14)(H,15,16)(H,17,18)(H,19,20);4*3-6,13-14H,1-2H2,(H2,9,11,15);3H,1-2,6H2,(H,7,8)(H,9,10);2H,1,5H2,(H,6,7)(H,8,9);1-2H,(H,5,6)(H,7,8)/b;;;;;;;2-1+/t;4*4?,5-,6-;;;/m.1111.../s1. The summed E-state index contributed by atoms with van der Waals surface area (Å²) in [6.07, 6.45) is -2.55. The maximum absolute atomic E-state index is 11.5. The third-order valence-electron chi connectivity index (χ3n) is 14.1. The molecule has 4 aliphatic heterocycles. The number of nitrogens with zero attached hydrogens (tertiary/aromatic N) is 10. The first-order valence-electron chi connectivity index (χ1n) is 31.5. The van der Waals surface area contributed by atoms with Crippen LogP contribution in [0.2, 0.25) is 0 Å². The van der Waals surface area contributed by atoms with Gasteiger partial charge in [0.2, 0.25) is 25.3 Å². The third kappa shape index (κ3) is 37.8. The smallest absolute Gasteiger partial charge is 0.446 e. The average molecular weight is 1600 g/mol. The molecule has 56 heteroatoms. The lowest BCUT2D eigenvalue weighted by molar-refractivity contribution is -0.776. The highest BCUT2D eigenvalue weighted by molar-refractivity contribution is 5.88. The van der Waals surface area contributed by atoms with E-state index in [-0.39, 0.29) is 102 Å². The van der Waals surface area contributed by atoms with E-state index in [0.29, 0.717) is 12.2 Å². The van der Waals surface area contributed by atoms with E-state index in [0.717, 1.165) is 9.80 Å². The first kappa shape index (κ1) is 97.3. The number of carbonyl (C=O) groups excluding carboxylic acids is 4. The van der Waals surface area contributed by atoms with Crippen LogP contribution in [0.25, 0.3) is 0 Å². The van der Waals surface area contributed by atoms with Crippen LogP contribution in [0.5, 0.6) is 0 Å². The van der Waals surface area contributed by atoms with Crippen LogP contribution in [0, 0.1) is 0 Å². The van der Waals surface area contributed by atoms with Gasteiger partial charge in [-0.05, 0) is 12.5 Å². The van der Waals surface area contributed by atoms with E-state index in [2.05, 4.69) is 39.9 Å². The zero-order valence-corrected chi connectivity index (χ0v) is 57.7. The van der Waals surface area contributed by atoms with E-state index in [4.69, 9.17) is 104 Å². The average Bonchev–Trinajstić information content (AvgIpc) is 1.72. The molecule has 0 bridgehead atoms. The van der Waals surface area contributed by atoms with Crippen LogP contribution in [0.3, 0.4) is 0 Å².